The summed E-state index contributed by atoms with van der Waals surface area (Å²) in [6.45, 7) is 1.31. The third-order valence-electron chi connectivity index (χ3n) is 1.45. The molecule has 1 aromatic heterocycles. The highest BCUT2D eigenvalue weighted by atomic mass is 32.1. The van der Waals surface area contributed by atoms with Crippen molar-refractivity contribution in [1.82, 2.24) is 0 Å². The van der Waals surface area contributed by atoms with E-state index in [1.165, 1.54) is 19.4 Å². The van der Waals surface area contributed by atoms with E-state index in [-0.39, 0.29) is 22.2 Å². The number of nitrogens with one attached hydrogen (secondary N) is 1. The molecule has 0 spiro atoms. The predicted molar refractivity (Wildman–Crippen MR) is 51.6 cm³/mol. The zero-order valence-corrected chi connectivity index (χ0v) is 8.47. The molecule has 0 unspecified atom stereocenters. The normalized spacial score (nSPS) is 9.57. The van der Waals surface area contributed by atoms with E-state index in [0.717, 1.165) is 11.3 Å². The number of esters is 1. The number of hydrogen-bond donors (Lipinski definition) is 2. The van der Waals surface area contributed by atoms with Gasteiger partial charge >= 0.3 is 5.97 Å². The highest BCUT2D eigenvalue weighted by Crippen LogP contribution is 2.34. The van der Waals surface area contributed by atoms with Crippen LogP contribution in [-0.4, -0.2) is 24.1 Å². The van der Waals surface area contributed by atoms with Crippen molar-refractivity contribution in [2.24, 2.45) is 0 Å². The van der Waals surface area contributed by atoms with E-state index in [1.807, 2.05) is 0 Å². The number of carbonyl (C=O) groups is 2. The van der Waals surface area contributed by atoms with Gasteiger partial charge in [-0.2, -0.15) is 0 Å². The first-order valence-electron chi connectivity index (χ1n) is 3.72. The molecule has 0 bridgehead atoms. The molecule has 0 aromatic carbocycles. The molecule has 0 aliphatic carbocycles. The molecule has 0 saturated heterocycles. The lowest BCUT2D eigenvalue weighted by Crippen LogP contribution is -2.05. The Morgan fingerprint density at radius 3 is 2.71 bits per heavy atom. The van der Waals surface area contributed by atoms with E-state index >= 15 is 0 Å². The quantitative estimate of drug-likeness (QED) is 0.727. The number of hydrogen-bond acceptors (Lipinski definition) is 5. The first-order valence-corrected chi connectivity index (χ1v) is 4.60. The van der Waals surface area contributed by atoms with Crippen molar-refractivity contribution in [1.29, 1.82) is 0 Å². The van der Waals surface area contributed by atoms with E-state index in [4.69, 9.17) is 0 Å². The predicted octanol–water partition coefficient (Wildman–Crippen LogP) is 1.20. The number of anilines is 1. The van der Waals surface area contributed by atoms with Crippen LogP contribution in [0.5, 0.6) is 5.75 Å². The van der Waals surface area contributed by atoms with E-state index in [0.29, 0.717) is 0 Å². The topological polar surface area (TPSA) is 75.6 Å². The molecule has 6 heteroatoms. The van der Waals surface area contributed by atoms with Crippen LogP contribution < -0.4 is 5.32 Å². The van der Waals surface area contributed by atoms with E-state index < -0.39 is 5.97 Å². The summed E-state index contributed by atoms with van der Waals surface area (Å²) < 4.78 is 4.43. The van der Waals surface area contributed by atoms with Crippen LogP contribution in [0.1, 0.15) is 16.6 Å². The molecule has 2 N–H and O–H groups in total. The lowest BCUT2D eigenvalue weighted by Gasteiger charge is -1.99. The van der Waals surface area contributed by atoms with Crippen LogP contribution in [0.25, 0.3) is 0 Å². The van der Waals surface area contributed by atoms with Crippen molar-refractivity contribution in [3.63, 3.8) is 0 Å². The summed E-state index contributed by atoms with van der Waals surface area (Å²) >= 11 is 1.01. The molecule has 1 amide bonds. The number of ether oxygens (including phenoxy) is 1. The molecule has 0 fully saturated rings. The fourth-order valence-corrected chi connectivity index (χ4v) is 1.67. The first kappa shape index (κ1) is 10.5. The Labute approximate surface area is 84.3 Å². The Morgan fingerprint density at radius 2 is 2.21 bits per heavy atom. The molecule has 0 aliphatic heterocycles. The molecular formula is C8H9NO4S. The van der Waals surface area contributed by atoms with Crippen molar-refractivity contribution in [2.75, 3.05) is 12.4 Å². The number of carbonyl (C=O) groups excluding carboxylic acids is 2. The van der Waals surface area contributed by atoms with Crippen molar-refractivity contribution < 1.29 is 19.4 Å². The highest BCUT2D eigenvalue weighted by Gasteiger charge is 2.18. The standard InChI is InChI=1S/C8H9NO4S/c1-4(10)9-5-3-14-7(6(5)11)8(12)13-2/h3,11H,1-2H3,(H,9,10). The van der Waals surface area contributed by atoms with Crippen molar-refractivity contribution in [3.05, 3.63) is 10.3 Å². The summed E-state index contributed by atoms with van der Waals surface area (Å²) in [5, 5.41) is 13.3. The lowest BCUT2D eigenvalue weighted by molar-refractivity contribution is -0.114. The van der Waals surface area contributed by atoms with Crippen LogP contribution in [0.4, 0.5) is 5.69 Å². The van der Waals surface area contributed by atoms with E-state index in [1.54, 1.807) is 0 Å². The van der Waals surface area contributed by atoms with Gasteiger partial charge in [0.1, 0.15) is 0 Å². The second-order valence-corrected chi connectivity index (χ2v) is 3.38. The van der Waals surface area contributed by atoms with Gasteiger partial charge in [-0.15, -0.1) is 11.3 Å². The monoisotopic (exact) mass is 215 g/mol. The van der Waals surface area contributed by atoms with Crippen molar-refractivity contribution in [2.45, 2.75) is 6.92 Å². The average molecular weight is 215 g/mol. The average Bonchev–Trinajstić information content (AvgIpc) is 2.46. The minimum absolute atomic E-state index is 0.0799. The van der Waals surface area contributed by atoms with Gasteiger partial charge in [0.2, 0.25) is 5.91 Å². The molecule has 76 valence electrons. The molecule has 0 radical (unpaired) electrons. The van der Waals surface area contributed by atoms with Crippen molar-refractivity contribution >= 4 is 28.9 Å². The minimum atomic E-state index is -0.621. The van der Waals surface area contributed by atoms with Crippen LogP contribution >= 0.6 is 11.3 Å². The van der Waals surface area contributed by atoms with Crippen LogP contribution in [0.2, 0.25) is 0 Å². The van der Waals surface area contributed by atoms with Gasteiger partial charge in [-0.3, -0.25) is 4.79 Å². The van der Waals surface area contributed by atoms with Crippen LogP contribution in [0.3, 0.4) is 0 Å². The Hall–Kier alpha value is -1.56. The Bertz CT molecular complexity index is 371. The zero-order chi connectivity index (χ0) is 10.7. The number of methoxy groups -OCH3 is 1. The summed E-state index contributed by atoms with van der Waals surface area (Å²) in [6, 6.07) is 0. The summed E-state index contributed by atoms with van der Waals surface area (Å²) in [4.78, 5) is 21.8. The lowest BCUT2D eigenvalue weighted by atomic mass is 10.4. The van der Waals surface area contributed by atoms with Gasteiger partial charge in [0, 0.05) is 12.3 Å². The number of amides is 1. The molecule has 1 heterocycles. The summed E-state index contributed by atoms with van der Waals surface area (Å²) in [5.41, 5.74) is 0.225. The van der Waals surface area contributed by atoms with Crippen LogP contribution in [0.15, 0.2) is 5.38 Å². The third-order valence-corrected chi connectivity index (χ3v) is 2.40. The molecule has 1 rings (SSSR count). The zero-order valence-electron chi connectivity index (χ0n) is 7.66. The van der Waals surface area contributed by atoms with Gasteiger partial charge in [0.05, 0.1) is 12.8 Å². The minimum Gasteiger partial charge on any atom is -0.504 e. The molecular weight excluding hydrogens is 206 g/mol. The second kappa shape index (κ2) is 4.10. The van der Waals surface area contributed by atoms with Gasteiger partial charge < -0.3 is 15.2 Å². The molecule has 1 aromatic rings. The third kappa shape index (κ3) is 2.02. The van der Waals surface area contributed by atoms with Crippen LogP contribution in [-0.2, 0) is 9.53 Å². The van der Waals surface area contributed by atoms with Crippen molar-refractivity contribution in [3.8, 4) is 5.75 Å². The maximum absolute atomic E-state index is 11.0. The molecule has 5 nitrogen and oxygen atoms in total. The fraction of sp³-hybridized carbons (Fsp3) is 0.250. The number of aromatic hydroxyl groups is 1. The maximum atomic E-state index is 11.0. The molecule has 0 atom stereocenters. The Balaban J connectivity index is 2.96. The maximum Gasteiger partial charge on any atom is 0.351 e. The van der Waals surface area contributed by atoms with Gasteiger partial charge in [0.15, 0.2) is 10.6 Å². The Morgan fingerprint density at radius 1 is 1.57 bits per heavy atom. The number of rotatable bonds is 2. The molecule has 14 heavy (non-hydrogen) atoms. The second-order valence-electron chi connectivity index (χ2n) is 2.50. The van der Waals surface area contributed by atoms with Gasteiger partial charge in [-0.25, -0.2) is 4.79 Å². The molecule has 0 saturated carbocycles. The number of thiophene rings is 1. The van der Waals surface area contributed by atoms with Crippen LogP contribution in [0, 0.1) is 0 Å². The van der Waals surface area contributed by atoms with E-state index in [9.17, 15) is 14.7 Å². The summed E-state index contributed by atoms with van der Waals surface area (Å²) in [7, 11) is 1.22. The molecule has 0 aliphatic rings. The van der Waals surface area contributed by atoms with Gasteiger partial charge in [0.25, 0.3) is 0 Å². The van der Waals surface area contributed by atoms with E-state index in [2.05, 4.69) is 10.1 Å². The summed E-state index contributed by atoms with van der Waals surface area (Å²) in [6.07, 6.45) is 0. The smallest absolute Gasteiger partial charge is 0.351 e. The summed E-state index contributed by atoms with van der Waals surface area (Å²) in [5.74, 6) is -1.18. The SMILES string of the molecule is COC(=O)c1scc(NC(C)=O)c1O. The van der Waals surface area contributed by atoms with Gasteiger partial charge in [-0.05, 0) is 0 Å². The largest absolute Gasteiger partial charge is 0.504 e. The fourth-order valence-electron chi connectivity index (χ4n) is 0.868. The van der Waals surface area contributed by atoms with Gasteiger partial charge in [-0.1, -0.05) is 0 Å². The highest BCUT2D eigenvalue weighted by molar-refractivity contribution is 7.13. The Kier molecular flexibility index (Phi) is 3.08. The first-order chi connectivity index (χ1) is 6.56.